The highest BCUT2D eigenvalue weighted by Crippen LogP contribution is 2.36. The zero-order chi connectivity index (χ0) is 17.5. The van der Waals surface area contributed by atoms with Crippen LogP contribution in [0.3, 0.4) is 0 Å². The number of nitrogens with one attached hydrogen (secondary N) is 1. The summed E-state index contributed by atoms with van der Waals surface area (Å²) in [4.78, 5) is 18.3. The molecule has 0 fully saturated rings. The lowest BCUT2D eigenvalue weighted by Crippen LogP contribution is -2.16. The van der Waals surface area contributed by atoms with E-state index in [1.807, 2.05) is 13.8 Å². The van der Waals surface area contributed by atoms with Crippen molar-refractivity contribution in [3.63, 3.8) is 0 Å². The first kappa shape index (κ1) is 16.3. The van der Waals surface area contributed by atoms with Crippen LogP contribution in [0.15, 0.2) is 30.3 Å². The van der Waals surface area contributed by atoms with Crippen LogP contribution in [0.2, 0.25) is 0 Å². The van der Waals surface area contributed by atoms with Gasteiger partial charge in [-0.3, -0.25) is 0 Å². The summed E-state index contributed by atoms with van der Waals surface area (Å²) >= 11 is 0. The minimum Gasteiger partial charge on any atom is -0.461 e. The summed E-state index contributed by atoms with van der Waals surface area (Å²) in [5, 5.41) is 0.891. The van der Waals surface area contributed by atoms with Gasteiger partial charge >= 0.3 is 12.1 Å². The number of esters is 1. The van der Waals surface area contributed by atoms with Crippen LogP contribution < -0.4 is 0 Å². The fourth-order valence-corrected chi connectivity index (χ4v) is 2.47. The number of ether oxygens (including phenoxy) is 1. The van der Waals surface area contributed by atoms with E-state index < -0.39 is 17.8 Å². The summed E-state index contributed by atoms with van der Waals surface area (Å²) in [5.41, 5.74) is -1.05. The first-order valence-corrected chi connectivity index (χ1v) is 7.43. The highest BCUT2D eigenvalue weighted by Gasteiger charge is 2.37. The van der Waals surface area contributed by atoms with Gasteiger partial charge in [-0.2, -0.15) is 13.2 Å². The van der Waals surface area contributed by atoms with Crippen molar-refractivity contribution in [3.05, 3.63) is 41.7 Å². The lowest BCUT2D eigenvalue weighted by atomic mass is 10.1. The molecule has 0 amide bonds. The molecule has 2 heterocycles. The van der Waals surface area contributed by atoms with Crippen molar-refractivity contribution < 1.29 is 22.7 Å². The molecule has 0 aliphatic rings. The fraction of sp³-hybridized carbons (Fsp3) is 0.294. The molecule has 126 valence electrons. The van der Waals surface area contributed by atoms with Crippen molar-refractivity contribution in [1.82, 2.24) is 9.97 Å². The molecule has 0 spiro atoms. The van der Waals surface area contributed by atoms with Gasteiger partial charge in [0.25, 0.3) is 0 Å². The summed E-state index contributed by atoms with van der Waals surface area (Å²) in [6.45, 7) is 3.79. The molecule has 24 heavy (non-hydrogen) atoms. The van der Waals surface area contributed by atoms with E-state index in [2.05, 4.69) is 9.97 Å². The highest BCUT2D eigenvalue weighted by atomic mass is 19.4. The third-order valence-corrected chi connectivity index (χ3v) is 3.52. The molecule has 3 aromatic rings. The largest absolute Gasteiger partial charge is 0.461 e. The Balaban J connectivity index is 2.21. The number of halogens is 3. The Labute approximate surface area is 135 Å². The van der Waals surface area contributed by atoms with Gasteiger partial charge < -0.3 is 9.72 Å². The van der Waals surface area contributed by atoms with Crippen LogP contribution in [0.4, 0.5) is 13.2 Å². The summed E-state index contributed by atoms with van der Waals surface area (Å²) in [6, 6.07) is 8.14. The smallest absolute Gasteiger partial charge is 0.435 e. The second-order valence-electron chi connectivity index (χ2n) is 5.94. The molecule has 0 saturated carbocycles. The predicted octanol–water partition coefficient (Wildman–Crippen LogP) is 4.55. The molecular formula is C17H15F3N2O2. The van der Waals surface area contributed by atoms with E-state index in [1.165, 1.54) is 6.07 Å². The zero-order valence-electron chi connectivity index (χ0n) is 13.1. The Hall–Kier alpha value is -2.57. The number of aromatic nitrogens is 2. The number of carbonyl (C=O) groups excluding carboxylic acids is 1. The number of rotatable bonds is 3. The summed E-state index contributed by atoms with van der Waals surface area (Å²) in [5.74, 6) is -0.783. The Morgan fingerprint density at radius 1 is 1.25 bits per heavy atom. The number of hydrogen-bond acceptors (Lipinski definition) is 3. The van der Waals surface area contributed by atoms with Gasteiger partial charge in [0, 0.05) is 16.3 Å². The van der Waals surface area contributed by atoms with Crippen molar-refractivity contribution in [2.75, 3.05) is 6.61 Å². The van der Waals surface area contributed by atoms with Crippen molar-refractivity contribution in [3.8, 4) is 0 Å². The Kier molecular flexibility index (Phi) is 3.95. The topological polar surface area (TPSA) is 55.0 Å². The zero-order valence-corrected chi connectivity index (χ0v) is 13.1. The van der Waals surface area contributed by atoms with Gasteiger partial charge in [-0.05, 0) is 18.1 Å². The van der Waals surface area contributed by atoms with Crippen molar-refractivity contribution in [2.24, 2.45) is 5.92 Å². The fourth-order valence-electron chi connectivity index (χ4n) is 2.47. The number of benzene rings is 1. The number of hydrogen-bond donors (Lipinski definition) is 1. The number of para-hydroxylation sites is 1. The van der Waals surface area contributed by atoms with Crippen LogP contribution >= 0.6 is 0 Å². The molecule has 4 nitrogen and oxygen atoms in total. The van der Waals surface area contributed by atoms with Crippen LogP contribution in [0, 0.1) is 5.92 Å². The number of alkyl halides is 3. The van der Waals surface area contributed by atoms with Gasteiger partial charge in [0.15, 0.2) is 5.69 Å². The molecular weight excluding hydrogens is 321 g/mol. The molecule has 2 aromatic heterocycles. The Morgan fingerprint density at radius 3 is 2.62 bits per heavy atom. The normalized spacial score (nSPS) is 12.2. The molecule has 0 aliphatic heterocycles. The maximum absolute atomic E-state index is 13.4. The van der Waals surface area contributed by atoms with Crippen LogP contribution in [-0.4, -0.2) is 22.5 Å². The van der Waals surface area contributed by atoms with Crippen LogP contribution in [-0.2, 0) is 10.9 Å². The van der Waals surface area contributed by atoms with Gasteiger partial charge in [-0.25, -0.2) is 9.78 Å². The van der Waals surface area contributed by atoms with Crippen LogP contribution in [0.1, 0.15) is 30.0 Å². The van der Waals surface area contributed by atoms with E-state index in [0.29, 0.717) is 16.3 Å². The van der Waals surface area contributed by atoms with Crippen molar-refractivity contribution in [1.29, 1.82) is 0 Å². The summed E-state index contributed by atoms with van der Waals surface area (Å²) < 4.78 is 45.1. The van der Waals surface area contributed by atoms with Crippen molar-refractivity contribution in [2.45, 2.75) is 20.0 Å². The predicted molar refractivity (Wildman–Crippen MR) is 83.7 cm³/mol. The third-order valence-electron chi connectivity index (χ3n) is 3.52. The lowest BCUT2D eigenvalue weighted by Gasteiger charge is -2.10. The molecule has 0 radical (unpaired) electrons. The number of H-pyrrole nitrogens is 1. The average Bonchev–Trinajstić information content (AvgIpc) is 2.89. The molecule has 1 N–H and O–H groups in total. The first-order valence-electron chi connectivity index (χ1n) is 7.43. The van der Waals surface area contributed by atoms with E-state index in [9.17, 15) is 18.0 Å². The minimum atomic E-state index is -4.69. The van der Waals surface area contributed by atoms with Gasteiger partial charge in [0.2, 0.25) is 0 Å². The summed E-state index contributed by atoms with van der Waals surface area (Å²) in [7, 11) is 0. The Bertz CT molecular complexity index is 913. The van der Waals surface area contributed by atoms with Gasteiger partial charge in [-0.1, -0.05) is 32.0 Å². The number of pyridine rings is 1. The van der Waals surface area contributed by atoms with E-state index in [1.54, 1.807) is 24.3 Å². The van der Waals surface area contributed by atoms with Crippen LogP contribution in [0.25, 0.3) is 21.8 Å². The molecule has 0 atom stereocenters. The third kappa shape index (κ3) is 2.93. The van der Waals surface area contributed by atoms with Gasteiger partial charge in [0.05, 0.1) is 12.1 Å². The average molecular weight is 336 g/mol. The second kappa shape index (κ2) is 5.81. The first-order chi connectivity index (χ1) is 11.3. The second-order valence-corrected chi connectivity index (χ2v) is 5.94. The minimum absolute atomic E-state index is 0.0767. The molecule has 3 rings (SSSR count). The van der Waals surface area contributed by atoms with E-state index in [-0.39, 0.29) is 23.7 Å². The molecule has 0 aliphatic carbocycles. The standard InChI is InChI=1S/C17H15F3N2O2/c1-9(2)8-24-16(23)13-7-11-10-5-3-4-6-12(10)21-14(11)15(22-13)17(18,19)20/h3-7,9,21H,8H2,1-2H3. The van der Waals surface area contributed by atoms with Crippen LogP contribution in [0.5, 0.6) is 0 Å². The summed E-state index contributed by atoms with van der Waals surface area (Å²) in [6.07, 6.45) is -4.69. The van der Waals surface area contributed by atoms with E-state index >= 15 is 0 Å². The van der Waals surface area contributed by atoms with E-state index in [4.69, 9.17) is 4.74 Å². The lowest BCUT2D eigenvalue weighted by molar-refractivity contribution is -0.139. The number of fused-ring (bicyclic) bond motifs is 3. The van der Waals surface area contributed by atoms with E-state index in [0.717, 1.165) is 0 Å². The molecule has 0 bridgehead atoms. The number of nitrogens with zero attached hydrogens (tertiary/aromatic N) is 1. The van der Waals surface area contributed by atoms with Crippen molar-refractivity contribution >= 4 is 27.8 Å². The number of aromatic amines is 1. The quantitative estimate of drug-likeness (QED) is 0.714. The molecule has 1 aromatic carbocycles. The molecule has 0 saturated heterocycles. The van der Waals surface area contributed by atoms with Gasteiger partial charge in [-0.15, -0.1) is 0 Å². The maximum atomic E-state index is 13.4. The monoisotopic (exact) mass is 336 g/mol. The molecule has 0 unspecified atom stereocenters. The highest BCUT2D eigenvalue weighted by molar-refractivity contribution is 6.09. The SMILES string of the molecule is CC(C)COC(=O)c1cc2c([nH]c3ccccc32)c(C(F)(F)F)n1. The van der Waals surface area contributed by atoms with Gasteiger partial charge in [0.1, 0.15) is 5.69 Å². The Morgan fingerprint density at radius 2 is 1.96 bits per heavy atom. The number of carbonyl (C=O) groups is 1. The molecule has 7 heteroatoms. The maximum Gasteiger partial charge on any atom is 0.435 e.